The quantitative estimate of drug-likeness (QED) is 0.468. The highest BCUT2D eigenvalue weighted by Gasteiger charge is 2.17. The molecular weight excluding hydrogens is 104 g/mol. The lowest BCUT2D eigenvalue weighted by molar-refractivity contribution is -0.0255. The highest BCUT2D eigenvalue weighted by atomic mass is 16.5. The highest BCUT2D eigenvalue weighted by molar-refractivity contribution is 4.74. The average Bonchev–Trinajstić information content (AvgIpc) is 1.55. The van der Waals surface area contributed by atoms with Gasteiger partial charge in [0.25, 0.3) is 0 Å². The zero-order chi connectivity index (χ0) is 5.98. The minimum absolute atomic E-state index is 0.109. The molecule has 1 unspecified atom stereocenters. The first-order valence-corrected chi connectivity index (χ1v) is 2.91. The number of nitrogens with one attached hydrogen (secondary N) is 1. The van der Waals surface area contributed by atoms with E-state index in [1.54, 1.807) is 0 Å². The number of ether oxygens (including phenoxy) is 1. The van der Waals surface area contributed by atoms with Crippen LogP contribution in [0, 0.1) is 0 Å². The van der Waals surface area contributed by atoms with Crippen molar-refractivity contribution in [3.63, 3.8) is 0 Å². The molecule has 3 heteroatoms. The summed E-state index contributed by atoms with van der Waals surface area (Å²) in [5.74, 6) is 0. The van der Waals surface area contributed by atoms with Crippen LogP contribution in [-0.4, -0.2) is 25.4 Å². The third-order valence-corrected chi connectivity index (χ3v) is 1.15. The molecule has 1 rings (SSSR count). The van der Waals surface area contributed by atoms with Gasteiger partial charge >= 0.3 is 0 Å². The van der Waals surface area contributed by atoms with Crippen molar-refractivity contribution in [3.05, 3.63) is 0 Å². The van der Waals surface area contributed by atoms with Crippen LogP contribution in [-0.2, 0) is 4.74 Å². The average molecular weight is 116 g/mol. The molecule has 0 spiro atoms. The SMILES string of the molecule is CC(N)OC1CNC1. The topological polar surface area (TPSA) is 47.3 Å². The fraction of sp³-hybridized carbons (Fsp3) is 1.00. The summed E-state index contributed by atoms with van der Waals surface area (Å²) in [5.41, 5.74) is 5.35. The molecule has 1 atom stereocenters. The zero-order valence-electron chi connectivity index (χ0n) is 5.05. The summed E-state index contributed by atoms with van der Waals surface area (Å²) in [7, 11) is 0. The summed E-state index contributed by atoms with van der Waals surface area (Å²) >= 11 is 0. The van der Waals surface area contributed by atoms with Crippen LogP contribution in [0.2, 0.25) is 0 Å². The maximum Gasteiger partial charge on any atom is 0.103 e. The largest absolute Gasteiger partial charge is 0.358 e. The van der Waals surface area contributed by atoms with Gasteiger partial charge in [-0.25, -0.2) is 0 Å². The van der Waals surface area contributed by atoms with Gasteiger partial charge in [-0.15, -0.1) is 0 Å². The lowest BCUT2D eigenvalue weighted by Gasteiger charge is -2.28. The van der Waals surface area contributed by atoms with Crippen LogP contribution in [0.3, 0.4) is 0 Å². The van der Waals surface area contributed by atoms with Crippen molar-refractivity contribution in [2.75, 3.05) is 13.1 Å². The van der Waals surface area contributed by atoms with E-state index in [0.29, 0.717) is 6.10 Å². The van der Waals surface area contributed by atoms with Crippen molar-refractivity contribution in [3.8, 4) is 0 Å². The molecule has 1 aliphatic heterocycles. The summed E-state index contributed by atoms with van der Waals surface area (Å²) in [4.78, 5) is 0. The summed E-state index contributed by atoms with van der Waals surface area (Å²) in [6, 6.07) is 0. The first kappa shape index (κ1) is 6.01. The lowest BCUT2D eigenvalue weighted by Crippen LogP contribution is -2.50. The molecule has 0 saturated carbocycles. The van der Waals surface area contributed by atoms with Gasteiger partial charge in [0.1, 0.15) is 6.23 Å². The molecule has 0 aromatic rings. The van der Waals surface area contributed by atoms with Gasteiger partial charge in [0.2, 0.25) is 0 Å². The second-order valence-electron chi connectivity index (χ2n) is 2.12. The van der Waals surface area contributed by atoms with E-state index in [4.69, 9.17) is 10.5 Å². The molecule has 0 aromatic heterocycles. The number of rotatable bonds is 2. The van der Waals surface area contributed by atoms with Gasteiger partial charge in [-0.1, -0.05) is 0 Å². The Morgan fingerprint density at radius 1 is 1.75 bits per heavy atom. The Hall–Kier alpha value is -0.120. The lowest BCUT2D eigenvalue weighted by atomic mass is 10.2. The Kier molecular flexibility index (Phi) is 1.83. The molecule has 0 radical (unpaired) electrons. The predicted octanol–water partition coefficient (Wildman–Crippen LogP) is -0.720. The van der Waals surface area contributed by atoms with Gasteiger partial charge in [-0.2, -0.15) is 0 Å². The Bertz CT molecular complexity index is 70.8. The molecule has 0 aliphatic carbocycles. The van der Waals surface area contributed by atoms with Crippen molar-refractivity contribution in [2.24, 2.45) is 5.73 Å². The van der Waals surface area contributed by atoms with Crippen LogP contribution >= 0.6 is 0 Å². The first-order valence-electron chi connectivity index (χ1n) is 2.91. The van der Waals surface area contributed by atoms with E-state index in [2.05, 4.69) is 5.32 Å². The molecule has 3 N–H and O–H groups in total. The summed E-state index contributed by atoms with van der Waals surface area (Å²) in [6.07, 6.45) is 0.261. The van der Waals surface area contributed by atoms with E-state index >= 15 is 0 Å². The Morgan fingerprint density at radius 3 is 2.50 bits per heavy atom. The Labute approximate surface area is 49.2 Å². The summed E-state index contributed by atoms with van der Waals surface area (Å²) < 4.78 is 5.20. The van der Waals surface area contributed by atoms with E-state index in [0.717, 1.165) is 13.1 Å². The fourth-order valence-corrected chi connectivity index (χ4v) is 0.662. The van der Waals surface area contributed by atoms with E-state index in [-0.39, 0.29) is 6.23 Å². The smallest absolute Gasteiger partial charge is 0.103 e. The number of nitrogens with two attached hydrogens (primary N) is 1. The summed E-state index contributed by atoms with van der Waals surface area (Å²) in [5, 5.41) is 3.09. The molecule has 1 fully saturated rings. The Morgan fingerprint density at radius 2 is 2.38 bits per heavy atom. The fourth-order valence-electron chi connectivity index (χ4n) is 0.662. The molecule has 3 nitrogen and oxygen atoms in total. The second-order valence-corrected chi connectivity index (χ2v) is 2.12. The van der Waals surface area contributed by atoms with Crippen molar-refractivity contribution in [1.29, 1.82) is 0 Å². The van der Waals surface area contributed by atoms with Crippen molar-refractivity contribution >= 4 is 0 Å². The van der Waals surface area contributed by atoms with Crippen LogP contribution in [0.25, 0.3) is 0 Å². The molecule has 0 bridgehead atoms. The van der Waals surface area contributed by atoms with E-state index in [1.165, 1.54) is 0 Å². The predicted molar refractivity (Wildman–Crippen MR) is 31.4 cm³/mol. The number of hydrogen-bond donors (Lipinski definition) is 2. The normalized spacial score (nSPS) is 24.8. The van der Waals surface area contributed by atoms with E-state index in [1.807, 2.05) is 6.92 Å². The van der Waals surface area contributed by atoms with Crippen LogP contribution in [0.4, 0.5) is 0 Å². The highest BCUT2D eigenvalue weighted by Crippen LogP contribution is 1.98. The standard InChI is InChI=1S/C5H12N2O/c1-4(6)8-5-2-7-3-5/h4-5,7H,2-3,6H2,1H3. The van der Waals surface area contributed by atoms with Crippen molar-refractivity contribution < 1.29 is 4.74 Å². The van der Waals surface area contributed by atoms with E-state index in [9.17, 15) is 0 Å². The minimum atomic E-state index is -0.109. The molecule has 0 amide bonds. The molecule has 1 aliphatic rings. The zero-order valence-corrected chi connectivity index (χ0v) is 5.05. The minimum Gasteiger partial charge on any atom is -0.358 e. The van der Waals surface area contributed by atoms with Crippen LogP contribution in [0.1, 0.15) is 6.92 Å². The van der Waals surface area contributed by atoms with Crippen molar-refractivity contribution in [2.45, 2.75) is 19.3 Å². The molecule has 0 aromatic carbocycles. The van der Waals surface area contributed by atoms with Gasteiger partial charge in [-0.3, -0.25) is 0 Å². The molecule has 1 heterocycles. The van der Waals surface area contributed by atoms with Crippen molar-refractivity contribution in [1.82, 2.24) is 5.32 Å². The third-order valence-electron chi connectivity index (χ3n) is 1.15. The third kappa shape index (κ3) is 1.43. The van der Waals surface area contributed by atoms with E-state index < -0.39 is 0 Å². The van der Waals surface area contributed by atoms with Gasteiger partial charge in [0, 0.05) is 13.1 Å². The summed E-state index contributed by atoms with van der Waals surface area (Å²) in [6.45, 7) is 3.77. The van der Waals surface area contributed by atoms with Gasteiger partial charge in [-0.05, 0) is 6.92 Å². The molecule has 48 valence electrons. The van der Waals surface area contributed by atoms with Crippen LogP contribution < -0.4 is 11.1 Å². The monoisotopic (exact) mass is 116 g/mol. The Balaban J connectivity index is 2.01. The molecular formula is C5H12N2O. The van der Waals surface area contributed by atoms with Crippen LogP contribution in [0.5, 0.6) is 0 Å². The van der Waals surface area contributed by atoms with Gasteiger partial charge in [0.15, 0.2) is 0 Å². The number of hydrogen-bond acceptors (Lipinski definition) is 3. The molecule has 8 heavy (non-hydrogen) atoms. The first-order chi connectivity index (χ1) is 3.79. The molecule has 1 saturated heterocycles. The van der Waals surface area contributed by atoms with Crippen LogP contribution in [0.15, 0.2) is 0 Å². The maximum atomic E-state index is 5.35. The second kappa shape index (κ2) is 2.44. The van der Waals surface area contributed by atoms with Gasteiger partial charge < -0.3 is 15.8 Å². The maximum absolute atomic E-state index is 5.35. The van der Waals surface area contributed by atoms with Gasteiger partial charge in [0.05, 0.1) is 6.10 Å².